The minimum absolute atomic E-state index is 0.0688. The van der Waals surface area contributed by atoms with Crippen molar-refractivity contribution in [3.05, 3.63) is 124 Å². The Morgan fingerprint density at radius 2 is 1.48 bits per heavy atom. The molecule has 0 aromatic heterocycles. The predicted molar refractivity (Wildman–Crippen MR) is 165 cm³/mol. The zero-order valence-electron chi connectivity index (χ0n) is 24.1. The maximum Gasteiger partial charge on any atom is 0.416 e. The Balaban J connectivity index is 1.43. The van der Waals surface area contributed by atoms with Crippen LogP contribution in [0.1, 0.15) is 52.0 Å². The summed E-state index contributed by atoms with van der Waals surface area (Å²) in [5.41, 5.74) is 1.92. The van der Waals surface area contributed by atoms with E-state index in [-0.39, 0.29) is 5.52 Å². The molecule has 0 saturated heterocycles. The van der Waals surface area contributed by atoms with E-state index in [1.807, 2.05) is 119 Å². The average molecular weight is 586 g/mol. The summed E-state index contributed by atoms with van der Waals surface area (Å²) >= 11 is 0. The van der Waals surface area contributed by atoms with Gasteiger partial charge in [-0.15, -0.1) is 0 Å². The standard InChI is InChI=1S/C35H31F3NO2P/c1-22-20-30-27(23(2)31(22)32(40)42(25-12-8-6-9-13-25)26-14-10-7-11-15-26)18-19-34(41-30)33(3,4)28-21-24(35(36,37)38)16-17-29(28)39(34)5/h6-21H,1-5H3. The maximum atomic E-state index is 14.4. The monoisotopic (exact) mass is 585 g/mol. The van der Waals surface area contributed by atoms with Crippen LogP contribution in [0, 0.1) is 13.8 Å². The molecule has 3 nitrogen and oxygen atoms in total. The first kappa shape index (κ1) is 28.2. The topological polar surface area (TPSA) is 29.5 Å². The molecule has 0 bridgehead atoms. The quantitative estimate of drug-likeness (QED) is 0.227. The number of benzene rings is 4. The van der Waals surface area contributed by atoms with Crippen LogP contribution < -0.4 is 20.2 Å². The van der Waals surface area contributed by atoms with Gasteiger partial charge in [-0.25, -0.2) is 0 Å². The van der Waals surface area contributed by atoms with E-state index in [0.717, 1.165) is 33.4 Å². The van der Waals surface area contributed by atoms with Crippen molar-refractivity contribution in [2.45, 2.75) is 45.0 Å². The fraction of sp³-hybridized carbons (Fsp3) is 0.229. The molecule has 1 atom stereocenters. The third kappa shape index (κ3) is 4.19. The summed E-state index contributed by atoms with van der Waals surface area (Å²) in [4.78, 5) is 16.3. The number of anilines is 1. The van der Waals surface area contributed by atoms with Crippen molar-refractivity contribution < 1.29 is 22.7 Å². The van der Waals surface area contributed by atoms with Gasteiger partial charge in [-0.2, -0.15) is 13.2 Å². The van der Waals surface area contributed by atoms with Crippen LogP contribution in [-0.2, 0) is 11.6 Å². The minimum Gasteiger partial charge on any atom is -0.463 e. The molecule has 4 aromatic carbocycles. The molecular weight excluding hydrogens is 554 g/mol. The van der Waals surface area contributed by atoms with Crippen molar-refractivity contribution in [3.8, 4) is 5.75 Å². The molecule has 6 rings (SSSR count). The van der Waals surface area contributed by atoms with Crippen molar-refractivity contribution >= 4 is 35.8 Å². The third-order valence-corrected chi connectivity index (χ3v) is 11.0. The lowest BCUT2D eigenvalue weighted by atomic mass is 9.75. The van der Waals surface area contributed by atoms with Crippen LogP contribution in [-0.4, -0.2) is 18.3 Å². The molecule has 214 valence electrons. The highest BCUT2D eigenvalue weighted by atomic mass is 31.1. The van der Waals surface area contributed by atoms with E-state index in [1.165, 1.54) is 12.1 Å². The zero-order chi connectivity index (χ0) is 30.0. The van der Waals surface area contributed by atoms with Gasteiger partial charge in [0.25, 0.3) is 0 Å². The number of likely N-dealkylation sites (N-methyl/N-ethyl adjacent to an activating group) is 1. The summed E-state index contributed by atoms with van der Waals surface area (Å²) in [6.07, 6.45) is -0.547. The van der Waals surface area contributed by atoms with Gasteiger partial charge in [0.15, 0.2) is 5.52 Å². The molecule has 1 spiro atoms. The van der Waals surface area contributed by atoms with E-state index >= 15 is 0 Å². The molecule has 0 radical (unpaired) electrons. The lowest BCUT2D eigenvalue weighted by molar-refractivity contribution is -0.137. The number of fused-ring (bicyclic) bond motifs is 2. The van der Waals surface area contributed by atoms with Crippen LogP contribution in [0.25, 0.3) is 6.08 Å². The fourth-order valence-corrected chi connectivity index (χ4v) is 8.72. The lowest BCUT2D eigenvalue weighted by Crippen LogP contribution is -2.58. The van der Waals surface area contributed by atoms with Gasteiger partial charge in [0.1, 0.15) is 5.75 Å². The van der Waals surface area contributed by atoms with Gasteiger partial charge in [-0.1, -0.05) is 60.7 Å². The normalized spacial score (nSPS) is 18.6. The summed E-state index contributed by atoms with van der Waals surface area (Å²) < 4.78 is 47.6. The Hall–Kier alpha value is -3.89. The Bertz CT molecular complexity index is 1690. The van der Waals surface area contributed by atoms with Crippen LogP contribution in [0.5, 0.6) is 5.75 Å². The first-order valence-corrected chi connectivity index (χ1v) is 15.1. The molecule has 0 saturated carbocycles. The maximum absolute atomic E-state index is 14.4. The van der Waals surface area contributed by atoms with Crippen molar-refractivity contribution in [2.75, 3.05) is 11.9 Å². The van der Waals surface area contributed by atoms with Gasteiger partial charge in [0.2, 0.25) is 5.72 Å². The number of halogens is 3. The molecule has 0 N–H and O–H groups in total. The zero-order valence-corrected chi connectivity index (χ0v) is 25.0. The fourth-order valence-electron chi connectivity index (χ4n) is 6.44. The second kappa shape index (κ2) is 9.84. The van der Waals surface area contributed by atoms with Crippen molar-refractivity contribution in [2.24, 2.45) is 0 Å². The van der Waals surface area contributed by atoms with E-state index in [2.05, 4.69) is 0 Å². The van der Waals surface area contributed by atoms with Crippen LogP contribution >= 0.6 is 7.92 Å². The molecule has 2 heterocycles. The van der Waals surface area contributed by atoms with Crippen molar-refractivity contribution in [3.63, 3.8) is 0 Å². The molecule has 0 aliphatic carbocycles. The number of ether oxygens (including phenoxy) is 1. The Morgan fingerprint density at radius 1 is 0.881 bits per heavy atom. The molecule has 4 aromatic rings. The van der Waals surface area contributed by atoms with Crippen LogP contribution in [0.4, 0.5) is 18.9 Å². The van der Waals surface area contributed by atoms with Gasteiger partial charge in [0, 0.05) is 31.8 Å². The number of nitrogens with zero attached hydrogens (tertiary/aromatic N) is 1. The lowest BCUT2D eigenvalue weighted by Gasteiger charge is -2.46. The molecule has 42 heavy (non-hydrogen) atoms. The van der Waals surface area contributed by atoms with Crippen LogP contribution in [0.2, 0.25) is 0 Å². The number of hydrogen-bond acceptors (Lipinski definition) is 3. The van der Waals surface area contributed by atoms with Gasteiger partial charge >= 0.3 is 6.18 Å². The van der Waals surface area contributed by atoms with Crippen LogP contribution in [0.15, 0.2) is 91.0 Å². The van der Waals surface area contributed by atoms with E-state index in [9.17, 15) is 18.0 Å². The molecule has 2 aliphatic heterocycles. The first-order valence-electron chi connectivity index (χ1n) is 13.8. The van der Waals surface area contributed by atoms with E-state index in [4.69, 9.17) is 4.74 Å². The average Bonchev–Trinajstić information content (AvgIpc) is 3.11. The first-order chi connectivity index (χ1) is 19.9. The second-order valence-electron chi connectivity index (χ2n) is 11.5. The summed E-state index contributed by atoms with van der Waals surface area (Å²) in [6.45, 7) is 7.69. The molecular formula is C35H31F3NO2P. The Morgan fingerprint density at radius 3 is 2.05 bits per heavy atom. The van der Waals surface area contributed by atoms with Crippen LogP contribution in [0.3, 0.4) is 0 Å². The van der Waals surface area contributed by atoms with E-state index < -0.39 is 30.8 Å². The largest absolute Gasteiger partial charge is 0.463 e. The molecule has 0 fully saturated rings. The number of carbonyl (C=O) groups excluding carboxylic acids is 1. The number of carbonyl (C=O) groups is 1. The van der Waals surface area contributed by atoms with Gasteiger partial charge in [0.05, 0.1) is 11.0 Å². The summed E-state index contributed by atoms with van der Waals surface area (Å²) in [6, 6.07) is 25.5. The SMILES string of the molecule is Cc1cc2c(c(C)c1C(=O)P(c1ccccc1)c1ccccc1)C=CC1(O2)N(C)c2ccc(C(F)(F)F)cc2C1(C)C. The molecule has 7 heteroatoms. The Kier molecular flexibility index (Phi) is 6.62. The number of alkyl halides is 3. The van der Waals surface area contributed by atoms with E-state index in [0.29, 0.717) is 22.6 Å². The Labute approximate surface area is 245 Å². The smallest absolute Gasteiger partial charge is 0.416 e. The summed E-state index contributed by atoms with van der Waals surface area (Å²) in [7, 11) is 0.528. The number of rotatable bonds is 4. The molecule has 0 amide bonds. The number of hydrogen-bond donors (Lipinski definition) is 0. The van der Waals surface area contributed by atoms with Crippen molar-refractivity contribution in [1.29, 1.82) is 0 Å². The van der Waals surface area contributed by atoms with Gasteiger partial charge in [-0.3, -0.25) is 4.79 Å². The minimum atomic E-state index is -4.44. The number of aryl methyl sites for hydroxylation is 1. The predicted octanol–water partition coefficient (Wildman–Crippen LogP) is 8.12. The highest BCUT2D eigenvalue weighted by Crippen LogP contribution is 2.56. The molecule has 2 aliphatic rings. The summed E-state index contributed by atoms with van der Waals surface area (Å²) in [5, 5.41) is 1.97. The van der Waals surface area contributed by atoms with Crippen molar-refractivity contribution in [1.82, 2.24) is 0 Å². The third-order valence-electron chi connectivity index (χ3n) is 8.73. The second-order valence-corrected chi connectivity index (χ2v) is 13.6. The van der Waals surface area contributed by atoms with Gasteiger partial charge < -0.3 is 9.64 Å². The highest BCUT2D eigenvalue weighted by Gasteiger charge is 2.58. The highest BCUT2D eigenvalue weighted by molar-refractivity contribution is 7.88. The summed E-state index contributed by atoms with van der Waals surface area (Å²) in [5.74, 6) is 0.608. The van der Waals surface area contributed by atoms with Gasteiger partial charge in [-0.05, 0) is 91.4 Å². The van der Waals surface area contributed by atoms with E-state index in [1.54, 1.807) is 0 Å². The molecule has 1 unspecified atom stereocenters.